The molecule has 0 N–H and O–H groups in total. The minimum absolute atomic E-state index is 0.552. The Morgan fingerprint density at radius 1 is 1.53 bits per heavy atom. The Hall–Kier alpha value is -1.46. The Morgan fingerprint density at radius 2 is 2.29 bits per heavy atom. The van der Waals surface area contributed by atoms with Gasteiger partial charge in [-0.15, -0.1) is 6.42 Å². The summed E-state index contributed by atoms with van der Waals surface area (Å²) in [6.07, 6.45) is 8.71. The standard InChI is InChI=1S/C14H14ClNO/c1-2-7-16(9-11-3-4-11)14-6-5-12(10-17)8-13(14)15/h1,5-6,8,10-11H,3-4,7,9H2. The second kappa shape index (κ2) is 5.25. The number of rotatable bonds is 5. The molecule has 0 saturated heterocycles. The van der Waals surface area contributed by atoms with Crippen molar-refractivity contribution in [1.82, 2.24) is 0 Å². The van der Waals surface area contributed by atoms with Crippen LogP contribution in [0, 0.1) is 18.3 Å². The van der Waals surface area contributed by atoms with Crippen LogP contribution in [0.15, 0.2) is 18.2 Å². The number of benzene rings is 1. The van der Waals surface area contributed by atoms with Crippen LogP contribution in [0.3, 0.4) is 0 Å². The first-order valence-corrected chi connectivity index (χ1v) is 6.05. The second-order valence-corrected chi connectivity index (χ2v) is 4.76. The molecular weight excluding hydrogens is 234 g/mol. The molecule has 2 rings (SSSR count). The lowest BCUT2D eigenvalue weighted by Gasteiger charge is -2.23. The molecule has 1 aromatic rings. The maximum Gasteiger partial charge on any atom is 0.150 e. The second-order valence-electron chi connectivity index (χ2n) is 4.36. The van der Waals surface area contributed by atoms with Gasteiger partial charge in [-0.2, -0.15) is 0 Å². The first-order chi connectivity index (χ1) is 8.24. The van der Waals surface area contributed by atoms with Gasteiger partial charge < -0.3 is 4.90 Å². The highest BCUT2D eigenvalue weighted by Gasteiger charge is 2.24. The number of halogens is 1. The molecule has 0 amide bonds. The molecule has 1 aliphatic rings. The summed E-state index contributed by atoms with van der Waals surface area (Å²) in [5.74, 6) is 3.39. The van der Waals surface area contributed by atoms with E-state index in [1.54, 1.807) is 12.1 Å². The SMILES string of the molecule is C#CCN(CC1CC1)c1ccc(C=O)cc1Cl. The van der Waals surface area contributed by atoms with Gasteiger partial charge in [-0.05, 0) is 37.0 Å². The van der Waals surface area contributed by atoms with Crippen molar-refractivity contribution in [2.24, 2.45) is 5.92 Å². The first-order valence-electron chi connectivity index (χ1n) is 5.67. The molecule has 17 heavy (non-hydrogen) atoms. The maximum absolute atomic E-state index is 10.6. The molecule has 0 aromatic heterocycles. The van der Waals surface area contributed by atoms with Crippen molar-refractivity contribution in [2.45, 2.75) is 12.8 Å². The number of anilines is 1. The van der Waals surface area contributed by atoms with Gasteiger partial charge in [0.25, 0.3) is 0 Å². The van der Waals surface area contributed by atoms with Crippen LogP contribution in [0.4, 0.5) is 5.69 Å². The van der Waals surface area contributed by atoms with E-state index in [-0.39, 0.29) is 0 Å². The van der Waals surface area contributed by atoms with Crippen molar-refractivity contribution in [3.8, 4) is 12.3 Å². The highest BCUT2D eigenvalue weighted by Crippen LogP contribution is 2.33. The summed E-state index contributed by atoms with van der Waals surface area (Å²) >= 11 is 6.17. The average Bonchev–Trinajstić information content (AvgIpc) is 3.12. The van der Waals surface area contributed by atoms with Crippen molar-refractivity contribution < 1.29 is 4.79 Å². The summed E-state index contributed by atoms with van der Waals surface area (Å²) in [6.45, 7) is 1.50. The molecule has 88 valence electrons. The van der Waals surface area contributed by atoms with Gasteiger partial charge in [0.2, 0.25) is 0 Å². The Labute approximate surface area is 107 Å². The van der Waals surface area contributed by atoms with E-state index in [1.807, 2.05) is 6.07 Å². The van der Waals surface area contributed by atoms with Crippen LogP contribution in [0.1, 0.15) is 23.2 Å². The Morgan fingerprint density at radius 3 is 2.82 bits per heavy atom. The number of hydrogen-bond donors (Lipinski definition) is 0. The number of terminal acetylenes is 1. The van der Waals surface area contributed by atoms with Gasteiger partial charge >= 0.3 is 0 Å². The normalized spacial score (nSPS) is 14.1. The van der Waals surface area contributed by atoms with Gasteiger partial charge in [0.1, 0.15) is 6.29 Å². The molecule has 3 heteroatoms. The van der Waals surface area contributed by atoms with Gasteiger partial charge in [-0.1, -0.05) is 17.5 Å². The summed E-state index contributed by atoms with van der Waals surface area (Å²) in [5.41, 5.74) is 1.51. The maximum atomic E-state index is 10.6. The summed E-state index contributed by atoms with van der Waals surface area (Å²) < 4.78 is 0. The monoisotopic (exact) mass is 247 g/mol. The van der Waals surface area contributed by atoms with Crippen LogP contribution in [0.2, 0.25) is 5.02 Å². The van der Waals surface area contributed by atoms with E-state index >= 15 is 0 Å². The van der Waals surface area contributed by atoms with Gasteiger partial charge in [0.05, 0.1) is 17.3 Å². The first kappa shape index (κ1) is 12.0. The van der Waals surface area contributed by atoms with Crippen LogP contribution >= 0.6 is 11.6 Å². The molecule has 0 aliphatic heterocycles. The molecule has 0 unspecified atom stereocenters. The van der Waals surface area contributed by atoms with Crippen LogP contribution in [-0.4, -0.2) is 19.4 Å². The fourth-order valence-electron chi connectivity index (χ4n) is 1.82. The van der Waals surface area contributed by atoms with Crippen LogP contribution in [0.5, 0.6) is 0 Å². The number of nitrogens with zero attached hydrogens (tertiary/aromatic N) is 1. The molecule has 0 radical (unpaired) electrons. The minimum Gasteiger partial charge on any atom is -0.359 e. The third-order valence-corrected chi connectivity index (χ3v) is 3.21. The average molecular weight is 248 g/mol. The fourth-order valence-corrected chi connectivity index (χ4v) is 2.13. The van der Waals surface area contributed by atoms with E-state index in [4.69, 9.17) is 18.0 Å². The molecule has 1 aromatic carbocycles. The Bertz CT molecular complexity index is 460. The summed E-state index contributed by atoms with van der Waals surface area (Å²) in [6, 6.07) is 5.32. The molecule has 0 heterocycles. The smallest absolute Gasteiger partial charge is 0.150 e. The van der Waals surface area contributed by atoms with Crippen molar-refractivity contribution in [3.05, 3.63) is 28.8 Å². The van der Waals surface area contributed by atoms with Crippen LogP contribution in [-0.2, 0) is 0 Å². The van der Waals surface area contributed by atoms with E-state index in [0.29, 0.717) is 17.1 Å². The zero-order valence-corrected chi connectivity index (χ0v) is 10.3. The summed E-state index contributed by atoms with van der Waals surface area (Å²) in [4.78, 5) is 12.8. The largest absolute Gasteiger partial charge is 0.359 e. The van der Waals surface area contributed by atoms with Gasteiger partial charge in [-0.3, -0.25) is 4.79 Å². The number of carbonyl (C=O) groups is 1. The lowest BCUT2D eigenvalue weighted by molar-refractivity contribution is 0.112. The van der Waals surface area contributed by atoms with Gasteiger partial charge in [-0.25, -0.2) is 0 Å². The summed E-state index contributed by atoms with van der Waals surface area (Å²) in [7, 11) is 0. The van der Waals surface area contributed by atoms with Crippen LogP contribution < -0.4 is 4.90 Å². The van der Waals surface area contributed by atoms with E-state index in [9.17, 15) is 4.79 Å². The van der Waals surface area contributed by atoms with Crippen molar-refractivity contribution in [1.29, 1.82) is 0 Å². The zero-order chi connectivity index (χ0) is 12.3. The number of hydrogen-bond acceptors (Lipinski definition) is 2. The molecule has 0 bridgehead atoms. The van der Waals surface area contributed by atoms with E-state index in [2.05, 4.69) is 10.8 Å². The highest BCUT2D eigenvalue weighted by atomic mass is 35.5. The molecule has 1 fully saturated rings. The van der Waals surface area contributed by atoms with Crippen molar-refractivity contribution in [3.63, 3.8) is 0 Å². The van der Waals surface area contributed by atoms with Crippen molar-refractivity contribution >= 4 is 23.6 Å². The van der Waals surface area contributed by atoms with Gasteiger partial charge in [0.15, 0.2) is 0 Å². The van der Waals surface area contributed by atoms with Crippen molar-refractivity contribution in [2.75, 3.05) is 18.0 Å². The van der Waals surface area contributed by atoms with E-state index < -0.39 is 0 Å². The minimum atomic E-state index is 0.552. The Balaban J connectivity index is 2.21. The lowest BCUT2D eigenvalue weighted by atomic mass is 10.2. The van der Waals surface area contributed by atoms with E-state index in [0.717, 1.165) is 24.4 Å². The predicted octanol–water partition coefficient (Wildman–Crippen LogP) is 3.00. The molecule has 0 spiro atoms. The van der Waals surface area contributed by atoms with Crippen LogP contribution in [0.25, 0.3) is 0 Å². The zero-order valence-electron chi connectivity index (χ0n) is 9.53. The quantitative estimate of drug-likeness (QED) is 0.589. The topological polar surface area (TPSA) is 20.3 Å². The molecule has 1 saturated carbocycles. The lowest BCUT2D eigenvalue weighted by Crippen LogP contribution is -2.26. The number of carbonyl (C=O) groups excluding carboxylic acids is 1. The third-order valence-electron chi connectivity index (χ3n) is 2.91. The van der Waals surface area contributed by atoms with Gasteiger partial charge in [0, 0.05) is 12.1 Å². The van der Waals surface area contributed by atoms with E-state index in [1.165, 1.54) is 12.8 Å². The predicted molar refractivity (Wildman–Crippen MR) is 70.6 cm³/mol. The summed E-state index contributed by atoms with van der Waals surface area (Å²) in [5, 5.41) is 0.588. The molecule has 1 aliphatic carbocycles. The molecule has 2 nitrogen and oxygen atoms in total. The highest BCUT2D eigenvalue weighted by molar-refractivity contribution is 6.33. The Kier molecular flexibility index (Phi) is 3.71. The molecule has 0 atom stereocenters. The molecular formula is C14H14ClNO. The third kappa shape index (κ3) is 3.01. The fraction of sp³-hybridized carbons (Fsp3) is 0.357. The number of aldehydes is 1.